The van der Waals surface area contributed by atoms with Crippen molar-refractivity contribution in [3.63, 3.8) is 0 Å². The summed E-state index contributed by atoms with van der Waals surface area (Å²) in [5.41, 5.74) is 0.366. The van der Waals surface area contributed by atoms with Crippen LogP contribution in [0.25, 0.3) is 16.9 Å². The summed E-state index contributed by atoms with van der Waals surface area (Å²) in [4.78, 5) is 14.1. The number of hydrogen-bond acceptors (Lipinski definition) is 7. The van der Waals surface area contributed by atoms with Gasteiger partial charge in [-0.25, -0.2) is 13.5 Å². The van der Waals surface area contributed by atoms with Gasteiger partial charge in [0.25, 0.3) is 0 Å². The van der Waals surface area contributed by atoms with E-state index in [1.807, 2.05) is 6.92 Å². The van der Waals surface area contributed by atoms with Crippen LogP contribution >= 0.6 is 0 Å². The van der Waals surface area contributed by atoms with Crippen LogP contribution in [0.3, 0.4) is 0 Å². The predicted octanol–water partition coefficient (Wildman–Crippen LogP) is 3.55. The molecule has 0 radical (unpaired) electrons. The lowest BCUT2D eigenvalue weighted by Gasteiger charge is -2.22. The Morgan fingerprint density at radius 2 is 2.00 bits per heavy atom. The fourth-order valence-corrected chi connectivity index (χ4v) is 3.50. The van der Waals surface area contributed by atoms with Crippen LogP contribution < -0.4 is 9.47 Å². The Morgan fingerprint density at radius 1 is 1.21 bits per heavy atom. The minimum absolute atomic E-state index is 0.151. The molecule has 0 fully saturated rings. The molecule has 1 aliphatic heterocycles. The quantitative estimate of drug-likeness (QED) is 0.324. The zero-order valence-electron chi connectivity index (χ0n) is 17.2. The molecule has 1 atom stereocenters. The average Bonchev–Trinajstić information content (AvgIpc) is 3.47. The van der Waals surface area contributed by atoms with Crippen molar-refractivity contribution < 1.29 is 23.2 Å². The van der Waals surface area contributed by atoms with Gasteiger partial charge in [-0.2, -0.15) is 0 Å². The molecule has 0 amide bonds. The van der Waals surface area contributed by atoms with Gasteiger partial charge in [0, 0.05) is 16.6 Å². The van der Waals surface area contributed by atoms with E-state index >= 15 is 0 Å². The molecule has 2 aromatic heterocycles. The van der Waals surface area contributed by atoms with E-state index in [9.17, 15) is 18.9 Å². The summed E-state index contributed by atoms with van der Waals surface area (Å²) >= 11 is 0. The van der Waals surface area contributed by atoms with Crippen molar-refractivity contribution in [2.24, 2.45) is 0 Å². The van der Waals surface area contributed by atoms with Crippen LogP contribution in [0.5, 0.6) is 11.8 Å². The Balaban J connectivity index is 1.24. The van der Waals surface area contributed by atoms with Crippen molar-refractivity contribution in [1.29, 1.82) is 0 Å². The minimum atomic E-state index is -0.726. The number of halogens is 2. The van der Waals surface area contributed by atoms with Crippen molar-refractivity contribution in [1.82, 2.24) is 24.5 Å². The Hall–Kier alpha value is -4.35. The first-order valence-corrected chi connectivity index (χ1v) is 9.81. The average molecular weight is 454 g/mol. The molecule has 0 N–H and O–H groups in total. The maximum Gasteiger partial charge on any atom is 0.415 e. The van der Waals surface area contributed by atoms with Crippen LogP contribution in [0.2, 0.25) is 0 Å². The molecule has 0 spiro atoms. The Morgan fingerprint density at radius 3 is 2.70 bits per heavy atom. The van der Waals surface area contributed by atoms with E-state index in [1.54, 1.807) is 35.0 Å². The van der Waals surface area contributed by atoms with Crippen molar-refractivity contribution in [2.75, 3.05) is 6.61 Å². The van der Waals surface area contributed by atoms with E-state index in [1.165, 1.54) is 16.9 Å². The summed E-state index contributed by atoms with van der Waals surface area (Å²) in [7, 11) is 0. The lowest BCUT2D eigenvalue weighted by molar-refractivity contribution is -0.389. The molecule has 4 aromatic rings. The number of imidazole rings is 1. The van der Waals surface area contributed by atoms with Crippen LogP contribution in [-0.2, 0) is 6.54 Å². The van der Waals surface area contributed by atoms with Gasteiger partial charge in [-0.05, 0) is 48.2 Å². The van der Waals surface area contributed by atoms with Gasteiger partial charge in [0.15, 0.2) is 5.60 Å². The number of ether oxygens (including phenoxy) is 2. The summed E-state index contributed by atoms with van der Waals surface area (Å²) in [6.45, 7) is 2.39. The van der Waals surface area contributed by atoms with E-state index in [2.05, 4.69) is 15.3 Å². The number of nitrogens with zero attached hydrogens (tertiary/aromatic N) is 6. The topological polar surface area (TPSA) is 110 Å². The zero-order valence-corrected chi connectivity index (χ0v) is 17.2. The Kier molecular flexibility index (Phi) is 4.77. The van der Waals surface area contributed by atoms with Crippen LogP contribution in [-0.4, -0.2) is 41.7 Å². The van der Waals surface area contributed by atoms with Crippen molar-refractivity contribution >= 4 is 5.82 Å². The van der Waals surface area contributed by atoms with Crippen LogP contribution in [0.1, 0.15) is 6.92 Å². The summed E-state index contributed by atoms with van der Waals surface area (Å²) < 4.78 is 41.7. The fourth-order valence-electron chi connectivity index (χ4n) is 3.50. The molecule has 33 heavy (non-hydrogen) atoms. The molecule has 12 heteroatoms. The number of hydrogen-bond donors (Lipinski definition) is 0. The lowest BCUT2D eigenvalue weighted by atomic mass is 10.1. The first kappa shape index (κ1) is 20.5. The third-order valence-electron chi connectivity index (χ3n) is 5.10. The smallest absolute Gasteiger partial charge is 0.415 e. The normalized spacial score (nSPS) is 16.9. The van der Waals surface area contributed by atoms with Gasteiger partial charge < -0.3 is 19.6 Å². The SMILES string of the molecule is C[C@]1(COc2ccc(-n3cc(-c4ccc(F)cc4F)nn3)cc2)Cn2cc([N+](=O)[O-])nc2O1. The molecule has 0 saturated heterocycles. The van der Waals surface area contributed by atoms with Crippen molar-refractivity contribution in [3.05, 3.63) is 76.6 Å². The molecule has 10 nitrogen and oxygen atoms in total. The van der Waals surface area contributed by atoms with Crippen LogP contribution in [0, 0.1) is 21.7 Å². The Bertz CT molecular complexity index is 1330. The maximum atomic E-state index is 14.0. The molecule has 3 heterocycles. The highest BCUT2D eigenvalue weighted by atomic mass is 19.1. The van der Waals surface area contributed by atoms with E-state index in [4.69, 9.17) is 9.47 Å². The van der Waals surface area contributed by atoms with Gasteiger partial charge in [-0.3, -0.25) is 4.57 Å². The summed E-state index contributed by atoms with van der Waals surface area (Å²) in [5, 5.41) is 18.8. The zero-order chi connectivity index (χ0) is 23.2. The highest BCUT2D eigenvalue weighted by Gasteiger charge is 2.41. The summed E-state index contributed by atoms with van der Waals surface area (Å²) in [6.07, 6.45) is 2.87. The van der Waals surface area contributed by atoms with Gasteiger partial charge in [0.2, 0.25) is 0 Å². The first-order valence-electron chi connectivity index (χ1n) is 9.81. The Labute approximate surface area is 185 Å². The number of benzene rings is 2. The van der Waals surface area contributed by atoms with Gasteiger partial charge in [-0.15, -0.1) is 5.10 Å². The monoisotopic (exact) mass is 454 g/mol. The standard InChI is InChI=1S/C21H16F2N6O4/c1-21(11-27-10-19(29(30)31)24-20(27)33-21)12-32-15-5-3-14(4-6-15)28-9-18(25-26-28)16-7-2-13(22)8-17(16)23/h2-10H,11-12H2,1H3/t21-/m1/s1. The highest BCUT2D eigenvalue weighted by Crippen LogP contribution is 2.31. The van der Waals surface area contributed by atoms with E-state index in [-0.39, 0.29) is 29.7 Å². The highest BCUT2D eigenvalue weighted by molar-refractivity contribution is 5.59. The maximum absolute atomic E-state index is 14.0. The number of aromatic nitrogens is 5. The summed E-state index contributed by atoms with van der Waals surface area (Å²) in [5.74, 6) is -1.07. The fraction of sp³-hybridized carbons (Fsp3) is 0.190. The second-order valence-corrected chi connectivity index (χ2v) is 7.77. The van der Waals surface area contributed by atoms with Crippen LogP contribution in [0.4, 0.5) is 14.6 Å². The predicted molar refractivity (Wildman–Crippen MR) is 110 cm³/mol. The third-order valence-corrected chi connectivity index (χ3v) is 5.10. The third kappa shape index (κ3) is 3.97. The second kappa shape index (κ2) is 7.65. The lowest BCUT2D eigenvalue weighted by Crippen LogP contribution is -2.38. The molecule has 0 bridgehead atoms. The molecule has 168 valence electrons. The van der Waals surface area contributed by atoms with Gasteiger partial charge in [-0.1, -0.05) is 5.21 Å². The molecule has 5 rings (SSSR count). The molecule has 0 saturated carbocycles. The van der Waals surface area contributed by atoms with Crippen molar-refractivity contribution in [2.45, 2.75) is 19.1 Å². The van der Waals surface area contributed by atoms with E-state index < -0.39 is 22.2 Å². The first-order chi connectivity index (χ1) is 15.8. The van der Waals surface area contributed by atoms with E-state index in [0.717, 1.165) is 12.1 Å². The van der Waals surface area contributed by atoms with Gasteiger partial charge >= 0.3 is 11.8 Å². The van der Waals surface area contributed by atoms with Crippen LogP contribution in [0.15, 0.2) is 54.9 Å². The molecular weight excluding hydrogens is 438 g/mol. The molecule has 0 unspecified atom stereocenters. The molecule has 2 aromatic carbocycles. The largest absolute Gasteiger partial charge is 0.489 e. The number of rotatable bonds is 6. The second-order valence-electron chi connectivity index (χ2n) is 7.77. The number of fused-ring (bicyclic) bond motifs is 1. The molecule has 0 aliphatic carbocycles. The van der Waals surface area contributed by atoms with E-state index in [0.29, 0.717) is 18.0 Å². The molecule has 1 aliphatic rings. The number of nitro groups is 1. The van der Waals surface area contributed by atoms with Crippen molar-refractivity contribution in [3.8, 4) is 28.7 Å². The summed E-state index contributed by atoms with van der Waals surface area (Å²) in [6, 6.07) is 10.4. The molecular formula is C21H16F2N6O4. The minimum Gasteiger partial charge on any atom is -0.489 e. The van der Waals surface area contributed by atoms with Gasteiger partial charge in [0.05, 0.1) is 18.4 Å². The van der Waals surface area contributed by atoms with Gasteiger partial charge in [0.1, 0.15) is 35.9 Å².